The summed E-state index contributed by atoms with van der Waals surface area (Å²) in [7, 11) is 0. The van der Waals surface area contributed by atoms with Crippen molar-refractivity contribution in [2.75, 3.05) is 0 Å². The fourth-order valence-corrected chi connectivity index (χ4v) is 2.31. The van der Waals surface area contributed by atoms with E-state index in [0.717, 1.165) is 22.5 Å². The molecule has 0 aliphatic heterocycles. The summed E-state index contributed by atoms with van der Waals surface area (Å²) in [5, 5.41) is 4.61. The molecule has 1 heterocycles. The van der Waals surface area contributed by atoms with Crippen LogP contribution in [0.2, 0.25) is 0 Å². The first kappa shape index (κ1) is 16.2. The first-order valence-electron chi connectivity index (χ1n) is 6.79. The minimum absolute atomic E-state index is 0. The lowest BCUT2D eigenvalue weighted by atomic mass is 10.1. The van der Waals surface area contributed by atoms with E-state index in [4.69, 9.17) is 5.73 Å². The van der Waals surface area contributed by atoms with Gasteiger partial charge in [-0.1, -0.05) is 18.2 Å². The number of rotatable bonds is 3. The Morgan fingerprint density at radius 3 is 2.50 bits per heavy atom. The van der Waals surface area contributed by atoms with Crippen LogP contribution in [0.4, 0.5) is 4.39 Å². The van der Waals surface area contributed by atoms with E-state index < -0.39 is 0 Å². The molecule has 0 saturated carbocycles. The number of aryl methyl sites for hydroxylation is 1. The summed E-state index contributed by atoms with van der Waals surface area (Å²) in [6.07, 6.45) is 1.92. The number of aromatic nitrogens is 2. The van der Waals surface area contributed by atoms with E-state index in [1.807, 2.05) is 36.5 Å². The van der Waals surface area contributed by atoms with Crippen molar-refractivity contribution in [3.05, 3.63) is 71.7 Å². The third-order valence-electron chi connectivity index (χ3n) is 3.46. The molecule has 5 heteroatoms. The van der Waals surface area contributed by atoms with E-state index in [0.29, 0.717) is 12.1 Å². The van der Waals surface area contributed by atoms with Gasteiger partial charge >= 0.3 is 0 Å². The zero-order valence-corrected chi connectivity index (χ0v) is 13.0. The van der Waals surface area contributed by atoms with Crippen molar-refractivity contribution in [3.8, 4) is 16.9 Å². The molecular weight excluding hydrogens is 301 g/mol. The fraction of sp³-hybridized carbons (Fsp3) is 0.118. The van der Waals surface area contributed by atoms with Crippen molar-refractivity contribution in [3.63, 3.8) is 0 Å². The number of nitrogens with two attached hydrogens (primary N) is 1. The van der Waals surface area contributed by atoms with Crippen LogP contribution >= 0.6 is 12.4 Å². The largest absolute Gasteiger partial charge is 0.326 e. The molecule has 0 radical (unpaired) electrons. The molecule has 0 atom stereocenters. The summed E-state index contributed by atoms with van der Waals surface area (Å²) in [6, 6.07) is 14.8. The molecule has 2 aromatic carbocycles. The second kappa shape index (κ2) is 6.73. The molecule has 3 aromatic rings. The Morgan fingerprint density at radius 2 is 1.86 bits per heavy atom. The Balaban J connectivity index is 0.00000176. The van der Waals surface area contributed by atoms with Gasteiger partial charge in [0.1, 0.15) is 5.82 Å². The molecule has 1 aromatic heterocycles. The minimum atomic E-state index is -0.212. The van der Waals surface area contributed by atoms with E-state index in [9.17, 15) is 4.39 Å². The molecule has 0 spiro atoms. The van der Waals surface area contributed by atoms with Crippen LogP contribution in [0.3, 0.4) is 0 Å². The highest BCUT2D eigenvalue weighted by Crippen LogP contribution is 2.25. The topological polar surface area (TPSA) is 43.8 Å². The molecule has 22 heavy (non-hydrogen) atoms. The van der Waals surface area contributed by atoms with Crippen molar-refractivity contribution < 1.29 is 4.39 Å². The van der Waals surface area contributed by atoms with Crippen LogP contribution in [-0.2, 0) is 6.54 Å². The predicted molar refractivity (Wildman–Crippen MR) is 88.8 cm³/mol. The number of hydrogen-bond acceptors (Lipinski definition) is 2. The van der Waals surface area contributed by atoms with E-state index in [1.165, 1.54) is 6.07 Å². The van der Waals surface area contributed by atoms with E-state index in [1.54, 1.807) is 23.7 Å². The maximum Gasteiger partial charge on any atom is 0.126 e. The van der Waals surface area contributed by atoms with Crippen molar-refractivity contribution in [1.82, 2.24) is 9.78 Å². The third kappa shape index (κ3) is 3.03. The lowest BCUT2D eigenvalue weighted by Gasteiger charge is -2.03. The van der Waals surface area contributed by atoms with Crippen LogP contribution in [-0.4, -0.2) is 9.78 Å². The van der Waals surface area contributed by atoms with Crippen LogP contribution in [0, 0.1) is 12.7 Å². The molecule has 0 aliphatic carbocycles. The summed E-state index contributed by atoms with van der Waals surface area (Å²) in [4.78, 5) is 0. The monoisotopic (exact) mass is 317 g/mol. The molecule has 0 saturated heterocycles. The zero-order valence-electron chi connectivity index (χ0n) is 12.2. The maximum atomic E-state index is 13.4. The Morgan fingerprint density at radius 1 is 1.14 bits per heavy atom. The van der Waals surface area contributed by atoms with Gasteiger partial charge in [0.05, 0.1) is 11.4 Å². The molecule has 0 unspecified atom stereocenters. The molecule has 3 nitrogen and oxygen atoms in total. The van der Waals surface area contributed by atoms with Crippen LogP contribution in [0.5, 0.6) is 0 Å². The van der Waals surface area contributed by atoms with Crippen LogP contribution in [0.15, 0.2) is 54.7 Å². The van der Waals surface area contributed by atoms with Crippen molar-refractivity contribution in [1.29, 1.82) is 0 Å². The summed E-state index contributed by atoms with van der Waals surface area (Å²) in [5.74, 6) is -0.212. The lowest BCUT2D eigenvalue weighted by molar-refractivity contribution is 0.618. The summed E-state index contributed by atoms with van der Waals surface area (Å²) in [5.41, 5.74) is 10.0. The van der Waals surface area contributed by atoms with Gasteiger partial charge in [-0.05, 0) is 42.8 Å². The number of benzene rings is 2. The molecule has 114 valence electrons. The molecule has 0 fully saturated rings. The van der Waals surface area contributed by atoms with E-state index >= 15 is 0 Å². The molecule has 0 bridgehead atoms. The second-order valence-electron chi connectivity index (χ2n) is 4.95. The van der Waals surface area contributed by atoms with Crippen molar-refractivity contribution in [2.24, 2.45) is 5.73 Å². The van der Waals surface area contributed by atoms with Gasteiger partial charge in [0, 0.05) is 23.9 Å². The summed E-state index contributed by atoms with van der Waals surface area (Å²) < 4.78 is 15.2. The minimum Gasteiger partial charge on any atom is -0.326 e. The lowest BCUT2D eigenvalue weighted by Crippen LogP contribution is -1.97. The molecule has 3 rings (SSSR count). The van der Waals surface area contributed by atoms with Gasteiger partial charge in [0.2, 0.25) is 0 Å². The zero-order chi connectivity index (χ0) is 14.8. The highest BCUT2D eigenvalue weighted by atomic mass is 35.5. The molecule has 0 aliphatic rings. The van der Waals surface area contributed by atoms with Crippen molar-refractivity contribution in [2.45, 2.75) is 13.5 Å². The Hall–Kier alpha value is -2.17. The third-order valence-corrected chi connectivity index (χ3v) is 3.46. The SMILES string of the molecule is Cc1cc(-c2nn(-c3ccccc3)cc2CN)ccc1F.Cl. The van der Waals surface area contributed by atoms with Gasteiger partial charge in [0.15, 0.2) is 0 Å². The van der Waals surface area contributed by atoms with E-state index in [-0.39, 0.29) is 18.2 Å². The quantitative estimate of drug-likeness (QED) is 0.797. The van der Waals surface area contributed by atoms with Crippen LogP contribution < -0.4 is 5.73 Å². The van der Waals surface area contributed by atoms with Gasteiger partial charge in [-0.15, -0.1) is 12.4 Å². The van der Waals surface area contributed by atoms with Gasteiger partial charge in [-0.2, -0.15) is 5.10 Å². The first-order chi connectivity index (χ1) is 10.2. The smallest absolute Gasteiger partial charge is 0.126 e. The van der Waals surface area contributed by atoms with Gasteiger partial charge in [0.25, 0.3) is 0 Å². The second-order valence-corrected chi connectivity index (χ2v) is 4.95. The van der Waals surface area contributed by atoms with Gasteiger partial charge in [-0.3, -0.25) is 0 Å². The summed E-state index contributed by atoms with van der Waals surface area (Å²) >= 11 is 0. The Bertz CT molecular complexity index is 769. The van der Waals surface area contributed by atoms with Gasteiger partial charge in [-0.25, -0.2) is 9.07 Å². The first-order valence-corrected chi connectivity index (χ1v) is 6.79. The Labute approximate surface area is 135 Å². The number of halogens is 2. The number of para-hydroxylation sites is 1. The van der Waals surface area contributed by atoms with Crippen LogP contribution in [0.25, 0.3) is 16.9 Å². The average molecular weight is 318 g/mol. The van der Waals surface area contributed by atoms with Gasteiger partial charge < -0.3 is 5.73 Å². The number of nitrogens with zero attached hydrogens (tertiary/aromatic N) is 2. The number of hydrogen-bond donors (Lipinski definition) is 1. The maximum absolute atomic E-state index is 13.4. The summed E-state index contributed by atoms with van der Waals surface area (Å²) in [6.45, 7) is 2.13. The molecular formula is C17H17ClFN3. The van der Waals surface area contributed by atoms with E-state index in [2.05, 4.69) is 5.10 Å². The average Bonchev–Trinajstić information content (AvgIpc) is 2.95. The highest BCUT2D eigenvalue weighted by Gasteiger charge is 2.12. The highest BCUT2D eigenvalue weighted by molar-refractivity contribution is 5.85. The molecule has 0 amide bonds. The molecule has 2 N–H and O–H groups in total. The van der Waals surface area contributed by atoms with Crippen LogP contribution in [0.1, 0.15) is 11.1 Å². The Kier molecular flexibility index (Phi) is 4.96. The normalized spacial score (nSPS) is 10.3. The van der Waals surface area contributed by atoms with Crippen molar-refractivity contribution >= 4 is 12.4 Å². The fourth-order valence-electron chi connectivity index (χ4n) is 2.31. The predicted octanol–water partition coefficient (Wildman–Crippen LogP) is 3.87. The standard InChI is InChI=1S/C17H16FN3.ClH/c1-12-9-13(7-8-16(12)18)17-14(10-19)11-21(20-17)15-5-3-2-4-6-15;/h2-9,11H,10,19H2,1H3;1H.